The lowest BCUT2D eigenvalue weighted by Crippen LogP contribution is -2.51. The lowest BCUT2D eigenvalue weighted by atomic mass is 9.93. The average molecular weight is 292 g/mol. The van der Waals surface area contributed by atoms with Crippen LogP contribution in [-0.4, -0.2) is 36.4 Å². The second-order valence-electron chi connectivity index (χ2n) is 6.32. The molecule has 0 fully saturated rings. The van der Waals surface area contributed by atoms with Gasteiger partial charge in [0.1, 0.15) is 0 Å². The molecule has 0 aliphatic carbocycles. The minimum absolute atomic E-state index is 0.169. The molecule has 2 N–H and O–H groups in total. The maximum atomic E-state index is 9.75. The number of hydrogen-bond donors (Lipinski definition) is 2. The molecule has 0 aliphatic heterocycles. The lowest BCUT2D eigenvalue weighted by Gasteiger charge is -2.37. The fraction of sp³-hybridized carbons (Fsp3) is 0.667. The van der Waals surface area contributed by atoms with E-state index >= 15 is 0 Å². The Balaban J connectivity index is 2.80. The minimum Gasteiger partial charge on any atom is -0.394 e. The van der Waals surface area contributed by atoms with Gasteiger partial charge in [0.05, 0.1) is 6.61 Å². The van der Waals surface area contributed by atoms with Gasteiger partial charge in [0.2, 0.25) is 0 Å². The van der Waals surface area contributed by atoms with Crippen LogP contribution in [0.3, 0.4) is 0 Å². The third-order valence-corrected chi connectivity index (χ3v) is 4.10. The Bertz CT molecular complexity index is 421. The Hall–Kier alpha value is -1.06. The molecule has 0 spiro atoms. The van der Waals surface area contributed by atoms with Crippen LogP contribution in [-0.2, 0) is 0 Å². The summed E-state index contributed by atoms with van der Waals surface area (Å²) in [4.78, 5) is 2.41. The van der Waals surface area contributed by atoms with Crippen LogP contribution >= 0.6 is 0 Å². The molecule has 2 atom stereocenters. The van der Waals surface area contributed by atoms with Crippen LogP contribution in [0.25, 0.3) is 0 Å². The number of anilines is 1. The standard InChI is InChI=1S/C18H32N2O/c1-6-11-19-18(5,14-21)13-16(4)20(7-2)17-10-8-9-15(3)12-17/h8-10,12,16,19,21H,6-7,11,13-14H2,1-5H3. The molecule has 0 aromatic heterocycles. The molecular formula is C18H32N2O. The molecule has 0 radical (unpaired) electrons. The predicted molar refractivity (Wildman–Crippen MR) is 92.1 cm³/mol. The number of aliphatic hydroxyl groups is 1. The molecule has 0 aliphatic rings. The summed E-state index contributed by atoms with van der Waals surface area (Å²) in [5.74, 6) is 0. The monoisotopic (exact) mass is 292 g/mol. The molecule has 21 heavy (non-hydrogen) atoms. The van der Waals surface area contributed by atoms with Gasteiger partial charge >= 0.3 is 0 Å². The van der Waals surface area contributed by atoms with Gasteiger partial charge in [0, 0.05) is 23.8 Å². The van der Waals surface area contributed by atoms with Gasteiger partial charge in [-0.1, -0.05) is 19.1 Å². The zero-order valence-electron chi connectivity index (χ0n) is 14.3. The first-order chi connectivity index (χ1) is 9.95. The van der Waals surface area contributed by atoms with Gasteiger partial charge in [-0.3, -0.25) is 0 Å². The Labute approximate surface area is 130 Å². The van der Waals surface area contributed by atoms with Crippen LogP contribution < -0.4 is 10.2 Å². The highest BCUT2D eigenvalue weighted by Gasteiger charge is 2.27. The highest BCUT2D eigenvalue weighted by atomic mass is 16.3. The fourth-order valence-corrected chi connectivity index (χ4v) is 2.94. The zero-order valence-corrected chi connectivity index (χ0v) is 14.3. The third-order valence-electron chi connectivity index (χ3n) is 4.10. The normalized spacial score (nSPS) is 15.5. The van der Waals surface area contributed by atoms with Crippen LogP contribution in [0, 0.1) is 6.92 Å². The second-order valence-corrected chi connectivity index (χ2v) is 6.32. The van der Waals surface area contributed by atoms with Crippen molar-refractivity contribution in [1.29, 1.82) is 0 Å². The molecule has 120 valence electrons. The second kappa shape index (κ2) is 8.40. The summed E-state index contributed by atoms with van der Waals surface area (Å²) in [5.41, 5.74) is 2.33. The Morgan fingerprint density at radius 1 is 1.33 bits per heavy atom. The number of rotatable bonds is 9. The van der Waals surface area contributed by atoms with Crippen molar-refractivity contribution < 1.29 is 5.11 Å². The van der Waals surface area contributed by atoms with Crippen molar-refractivity contribution in [3.63, 3.8) is 0 Å². The van der Waals surface area contributed by atoms with E-state index in [2.05, 4.69) is 69.1 Å². The number of nitrogens with one attached hydrogen (secondary N) is 1. The molecular weight excluding hydrogens is 260 g/mol. The summed E-state index contributed by atoms with van der Waals surface area (Å²) < 4.78 is 0. The van der Waals surface area contributed by atoms with E-state index < -0.39 is 0 Å². The largest absolute Gasteiger partial charge is 0.394 e. The van der Waals surface area contributed by atoms with E-state index in [0.717, 1.165) is 25.9 Å². The van der Waals surface area contributed by atoms with Gasteiger partial charge in [0.15, 0.2) is 0 Å². The topological polar surface area (TPSA) is 35.5 Å². The van der Waals surface area contributed by atoms with Crippen LogP contribution in [0.1, 0.15) is 46.1 Å². The van der Waals surface area contributed by atoms with Gasteiger partial charge in [-0.15, -0.1) is 0 Å². The van der Waals surface area contributed by atoms with E-state index in [9.17, 15) is 5.11 Å². The van der Waals surface area contributed by atoms with Crippen molar-refractivity contribution in [3.8, 4) is 0 Å². The molecule has 0 heterocycles. The van der Waals surface area contributed by atoms with Gasteiger partial charge in [-0.05, 0) is 64.8 Å². The first kappa shape index (κ1) is 18.0. The van der Waals surface area contributed by atoms with Crippen molar-refractivity contribution in [2.75, 3.05) is 24.6 Å². The molecule has 0 saturated carbocycles. The Kier molecular flexibility index (Phi) is 7.20. The maximum absolute atomic E-state index is 9.75. The minimum atomic E-state index is -0.216. The van der Waals surface area contributed by atoms with Crippen LogP contribution in [0.15, 0.2) is 24.3 Å². The van der Waals surface area contributed by atoms with Gasteiger partial charge < -0.3 is 15.3 Å². The van der Waals surface area contributed by atoms with E-state index in [-0.39, 0.29) is 12.1 Å². The van der Waals surface area contributed by atoms with Crippen molar-refractivity contribution in [1.82, 2.24) is 5.32 Å². The molecule has 3 heteroatoms. The van der Waals surface area contributed by atoms with Gasteiger partial charge in [0.25, 0.3) is 0 Å². The average Bonchev–Trinajstić information content (AvgIpc) is 2.46. The number of hydrogen-bond acceptors (Lipinski definition) is 3. The summed E-state index contributed by atoms with van der Waals surface area (Å²) in [6.45, 7) is 12.9. The van der Waals surface area contributed by atoms with Crippen molar-refractivity contribution in [2.45, 2.75) is 59.0 Å². The van der Waals surface area contributed by atoms with Gasteiger partial charge in [-0.25, -0.2) is 0 Å². The van der Waals surface area contributed by atoms with Crippen molar-refractivity contribution in [2.24, 2.45) is 0 Å². The van der Waals surface area contributed by atoms with Crippen molar-refractivity contribution in [3.05, 3.63) is 29.8 Å². The van der Waals surface area contributed by atoms with E-state index in [0.29, 0.717) is 6.04 Å². The predicted octanol–water partition coefficient (Wildman–Crippen LogP) is 3.35. The first-order valence-electron chi connectivity index (χ1n) is 8.15. The van der Waals surface area contributed by atoms with Gasteiger partial charge in [-0.2, -0.15) is 0 Å². The molecule has 0 bridgehead atoms. The summed E-state index contributed by atoms with van der Waals surface area (Å²) in [5, 5.41) is 13.2. The van der Waals surface area contributed by atoms with Crippen LogP contribution in [0.2, 0.25) is 0 Å². The number of nitrogens with zero attached hydrogens (tertiary/aromatic N) is 1. The lowest BCUT2D eigenvalue weighted by molar-refractivity contribution is 0.159. The summed E-state index contributed by atoms with van der Waals surface area (Å²) in [7, 11) is 0. The smallest absolute Gasteiger partial charge is 0.0611 e. The van der Waals surface area contributed by atoms with E-state index in [1.165, 1.54) is 11.3 Å². The Morgan fingerprint density at radius 3 is 2.57 bits per heavy atom. The highest BCUT2D eigenvalue weighted by molar-refractivity contribution is 5.49. The van der Waals surface area contributed by atoms with E-state index in [1.807, 2.05) is 0 Å². The highest BCUT2D eigenvalue weighted by Crippen LogP contribution is 2.23. The zero-order chi connectivity index (χ0) is 15.9. The summed E-state index contributed by atoms with van der Waals surface area (Å²) >= 11 is 0. The molecule has 3 nitrogen and oxygen atoms in total. The van der Waals surface area contributed by atoms with Crippen LogP contribution in [0.5, 0.6) is 0 Å². The van der Waals surface area contributed by atoms with Crippen molar-refractivity contribution >= 4 is 5.69 Å². The number of aryl methyl sites for hydroxylation is 1. The third kappa shape index (κ3) is 5.33. The molecule has 0 saturated heterocycles. The molecule has 1 aromatic rings. The molecule has 2 unspecified atom stereocenters. The summed E-state index contributed by atoms with van der Waals surface area (Å²) in [6, 6.07) is 9.01. The maximum Gasteiger partial charge on any atom is 0.0611 e. The molecule has 1 aromatic carbocycles. The quantitative estimate of drug-likeness (QED) is 0.732. The molecule has 1 rings (SSSR count). The SMILES string of the molecule is CCCNC(C)(CO)CC(C)N(CC)c1cccc(C)c1. The number of aliphatic hydroxyl groups excluding tert-OH is 1. The number of benzene rings is 1. The van der Waals surface area contributed by atoms with E-state index in [4.69, 9.17) is 0 Å². The molecule has 0 amide bonds. The fourth-order valence-electron chi connectivity index (χ4n) is 2.94. The van der Waals surface area contributed by atoms with Crippen LogP contribution in [0.4, 0.5) is 5.69 Å². The summed E-state index contributed by atoms with van der Waals surface area (Å²) in [6.07, 6.45) is 2.00. The van der Waals surface area contributed by atoms with E-state index in [1.54, 1.807) is 0 Å². The Morgan fingerprint density at radius 2 is 2.05 bits per heavy atom. The first-order valence-corrected chi connectivity index (χ1v) is 8.15.